The van der Waals surface area contributed by atoms with Gasteiger partial charge in [0.05, 0.1) is 5.56 Å². The van der Waals surface area contributed by atoms with Crippen LogP contribution in [0.15, 0.2) is 30.3 Å². The van der Waals surface area contributed by atoms with Gasteiger partial charge in [-0.1, -0.05) is 18.2 Å². The zero-order valence-corrected chi connectivity index (χ0v) is 13.5. The zero-order chi connectivity index (χ0) is 17.6. The molecule has 0 saturated heterocycles. The first kappa shape index (κ1) is 18.5. The minimum Gasteiger partial charge on any atom is -0.480 e. The predicted octanol–water partition coefficient (Wildman–Crippen LogP) is 2.21. The Morgan fingerprint density at radius 2 is 1.70 bits per heavy atom. The molecule has 0 aliphatic heterocycles. The third-order valence-electron chi connectivity index (χ3n) is 2.71. The van der Waals surface area contributed by atoms with E-state index in [1.165, 1.54) is 6.92 Å². The summed E-state index contributed by atoms with van der Waals surface area (Å²) in [5.41, 5.74) is -0.474. The molecule has 2 atom stereocenters. The number of carbonyl (C=O) groups is 3. The molecule has 2 unspecified atom stereocenters. The predicted molar refractivity (Wildman–Crippen MR) is 82.1 cm³/mol. The number of carboxylic acids is 1. The van der Waals surface area contributed by atoms with E-state index in [4.69, 9.17) is 9.47 Å². The van der Waals surface area contributed by atoms with Gasteiger partial charge in [-0.2, -0.15) is 0 Å². The molecule has 1 aromatic carbocycles. The van der Waals surface area contributed by atoms with Crippen molar-refractivity contribution in [3.8, 4) is 0 Å². The maximum Gasteiger partial charge on any atom is 0.408 e. The van der Waals surface area contributed by atoms with Crippen LogP contribution in [0.4, 0.5) is 4.79 Å². The average molecular weight is 323 g/mol. The number of amides is 1. The van der Waals surface area contributed by atoms with Gasteiger partial charge in [0, 0.05) is 0 Å². The van der Waals surface area contributed by atoms with Gasteiger partial charge < -0.3 is 19.9 Å². The van der Waals surface area contributed by atoms with Crippen molar-refractivity contribution >= 4 is 18.0 Å². The fourth-order valence-corrected chi connectivity index (χ4v) is 1.69. The molecule has 0 bridgehead atoms. The van der Waals surface area contributed by atoms with Gasteiger partial charge in [0.1, 0.15) is 11.7 Å². The van der Waals surface area contributed by atoms with Crippen molar-refractivity contribution in [3.05, 3.63) is 35.9 Å². The third kappa shape index (κ3) is 6.37. The Balaban J connectivity index is 2.72. The van der Waals surface area contributed by atoms with Crippen molar-refractivity contribution in [2.75, 3.05) is 0 Å². The number of rotatable bonds is 5. The number of carbonyl (C=O) groups excluding carboxylic acids is 2. The minimum absolute atomic E-state index is 0.292. The van der Waals surface area contributed by atoms with E-state index in [0.29, 0.717) is 5.56 Å². The van der Waals surface area contributed by atoms with Crippen LogP contribution in [0, 0.1) is 0 Å². The van der Waals surface area contributed by atoms with Crippen LogP contribution in [-0.4, -0.2) is 40.9 Å². The molecule has 1 amide bonds. The Morgan fingerprint density at radius 3 is 2.17 bits per heavy atom. The summed E-state index contributed by atoms with van der Waals surface area (Å²) >= 11 is 0. The van der Waals surface area contributed by atoms with Crippen LogP contribution in [0.1, 0.15) is 38.1 Å². The number of benzene rings is 1. The van der Waals surface area contributed by atoms with Crippen LogP contribution < -0.4 is 5.32 Å². The Hall–Kier alpha value is -2.57. The summed E-state index contributed by atoms with van der Waals surface area (Å²) in [5, 5.41) is 11.4. The summed E-state index contributed by atoms with van der Waals surface area (Å²) < 4.78 is 10.1. The highest BCUT2D eigenvalue weighted by molar-refractivity contribution is 5.90. The van der Waals surface area contributed by atoms with Gasteiger partial charge in [0.2, 0.25) is 0 Å². The highest BCUT2D eigenvalue weighted by atomic mass is 16.6. The Morgan fingerprint density at radius 1 is 1.13 bits per heavy atom. The van der Waals surface area contributed by atoms with Gasteiger partial charge in [-0.05, 0) is 39.8 Å². The van der Waals surface area contributed by atoms with E-state index in [1.807, 2.05) is 0 Å². The summed E-state index contributed by atoms with van der Waals surface area (Å²) in [4.78, 5) is 34.9. The molecule has 0 spiro atoms. The lowest BCUT2D eigenvalue weighted by molar-refractivity contribution is -0.142. The number of esters is 1. The molecule has 1 aromatic rings. The van der Waals surface area contributed by atoms with E-state index in [-0.39, 0.29) is 0 Å². The van der Waals surface area contributed by atoms with Crippen molar-refractivity contribution < 1.29 is 29.0 Å². The quantitative estimate of drug-likeness (QED) is 0.806. The molecule has 0 fully saturated rings. The summed E-state index contributed by atoms with van der Waals surface area (Å²) in [7, 11) is 0. The molecule has 0 aromatic heterocycles. The Kier molecular flexibility index (Phi) is 6.12. The lowest BCUT2D eigenvalue weighted by Crippen LogP contribution is -2.50. The molecule has 0 saturated carbocycles. The smallest absolute Gasteiger partial charge is 0.408 e. The lowest BCUT2D eigenvalue weighted by atomic mass is 10.1. The molecule has 0 heterocycles. The van der Waals surface area contributed by atoms with Crippen molar-refractivity contribution in [2.24, 2.45) is 0 Å². The SMILES string of the molecule is CC(OC(=O)c1ccccc1)C(NC(=O)OC(C)(C)C)C(=O)O. The fraction of sp³-hybridized carbons (Fsp3) is 0.438. The number of nitrogens with one attached hydrogen (secondary N) is 1. The van der Waals surface area contributed by atoms with Gasteiger partial charge in [-0.3, -0.25) is 0 Å². The van der Waals surface area contributed by atoms with E-state index in [2.05, 4.69) is 5.32 Å². The first-order valence-electron chi connectivity index (χ1n) is 7.08. The average Bonchev–Trinajstić information content (AvgIpc) is 2.43. The molecule has 126 valence electrons. The van der Waals surface area contributed by atoms with Gasteiger partial charge in [-0.15, -0.1) is 0 Å². The molecular weight excluding hydrogens is 302 g/mol. The summed E-state index contributed by atoms with van der Waals surface area (Å²) in [6, 6.07) is 6.74. The molecule has 7 nitrogen and oxygen atoms in total. The first-order valence-corrected chi connectivity index (χ1v) is 7.08. The molecule has 0 radical (unpaired) electrons. The highest BCUT2D eigenvalue weighted by Gasteiger charge is 2.31. The number of ether oxygens (including phenoxy) is 2. The fourth-order valence-electron chi connectivity index (χ4n) is 1.69. The van der Waals surface area contributed by atoms with Crippen molar-refractivity contribution in [3.63, 3.8) is 0 Å². The second kappa shape index (κ2) is 7.62. The van der Waals surface area contributed by atoms with E-state index >= 15 is 0 Å². The van der Waals surface area contributed by atoms with Gasteiger partial charge in [0.25, 0.3) is 0 Å². The van der Waals surface area contributed by atoms with Crippen LogP contribution in [0.3, 0.4) is 0 Å². The molecule has 23 heavy (non-hydrogen) atoms. The van der Waals surface area contributed by atoms with Crippen LogP contribution in [0.25, 0.3) is 0 Å². The highest BCUT2D eigenvalue weighted by Crippen LogP contribution is 2.10. The number of aliphatic carboxylic acids is 1. The maximum atomic E-state index is 11.9. The second-order valence-corrected chi connectivity index (χ2v) is 5.94. The maximum absolute atomic E-state index is 11.9. The summed E-state index contributed by atoms with van der Waals surface area (Å²) in [6.07, 6.45) is -1.97. The Labute approximate surface area is 134 Å². The van der Waals surface area contributed by atoms with E-state index in [1.54, 1.807) is 51.1 Å². The third-order valence-corrected chi connectivity index (χ3v) is 2.71. The standard InChI is InChI=1S/C16H21NO6/c1-10(22-14(20)11-8-6-5-7-9-11)12(13(18)19)17-15(21)23-16(2,3)4/h5-10,12H,1-4H3,(H,17,21)(H,18,19). The normalized spacial score (nSPS) is 13.6. The van der Waals surface area contributed by atoms with Crippen LogP contribution in [0.5, 0.6) is 0 Å². The van der Waals surface area contributed by atoms with Gasteiger partial charge in [-0.25, -0.2) is 14.4 Å². The summed E-state index contributed by atoms with van der Waals surface area (Å²) in [5.74, 6) is -2.00. The largest absolute Gasteiger partial charge is 0.480 e. The molecular formula is C16H21NO6. The monoisotopic (exact) mass is 323 g/mol. The number of alkyl carbamates (subject to hydrolysis) is 1. The molecule has 2 N–H and O–H groups in total. The van der Waals surface area contributed by atoms with Crippen molar-refractivity contribution in [1.29, 1.82) is 0 Å². The van der Waals surface area contributed by atoms with Gasteiger partial charge >= 0.3 is 18.0 Å². The van der Waals surface area contributed by atoms with Crippen molar-refractivity contribution in [2.45, 2.75) is 45.4 Å². The number of hydrogen-bond acceptors (Lipinski definition) is 5. The lowest BCUT2D eigenvalue weighted by Gasteiger charge is -2.24. The Bertz CT molecular complexity index is 564. The molecule has 7 heteroatoms. The second-order valence-electron chi connectivity index (χ2n) is 5.94. The van der Waals surface area contributed by atoms with Crippen LogP contribution >= 0.6 is 0 Å². The van der Waals surface area contributed by atoms with E-state index in [9.17, 15) is 19.5 Å². The molecule has 1 rings (SSSR count). The van der Waals surface area contributed by atoms with E-state index in [0.717, 1.165) is 0 Å². The zero-order valence-electron chi connectivity index (χ0n) is 13.5. The minimum atomic E-state index is -1.42. The first-order chi connectivity index (χ1) is 10.6. The number of hydrogen-bond donors (Lipinski definition) is 2. The van der Waals surface area contributed by atoms with Crippen LogP contribution in [0.2, 0.25) is 0 Å². The molecule has 0 aliphatic rings. The van der Waals surface area contributed by atoms with Crippen LogP contribution in [-0.2, 0) is 14.3 Å². The molecule has 0 aliphatic carbocycles. The van der Waals surface area contributed by atoms with E-state index < -0.39 is 35.8 Å². The summed E-state index contributed by atoms with van der Waals surface area (Å²) in [6.45, 7) is 6.35. The van der Waals surface area contributed by atoms with Crippen molar-refractivity contribution in [1.82, 2.24) is 5.32 Å². The number of carboxylic acid groups (broad SMARTS) is 1. The van der Waals surface area contributed by atoms with Gasteiger partial charge in [0.15, 0.2) is 6.04 Å². The topological polar surface area (TPSA) is 102 Å².